The smallest absolute Gasteiger partial charge is 0.179 e. The highest BCUT2D eigenvalue weighted by Crippen LogP contribution is 2.41. The summed E-state index contributed by atoms with van der Waals surface area (Å²) in [5.41, 5.74) is 9.39. The Labute approximate surface area is 445 Å². The molecule has 0 saturated carbocycles. The molecule has 4 heteroatoms. The van der Waals surface area contributed by atoms with E-state index in [0.29, 0.717) is 0 Å². The topological polar surface area (TPSA) is 9.86 Å². The van der Waals surface area contributed by atoms with Crippen LogP contribution in [-0.4, -0.2) is 25.3 Å². The molecule has 0 fully saturated rings. The normalized spacial score (nSPS) is 11.9. The molecule has 14 rings (SSSR count). The molecule has 0 aliphatic heterocycles. The summed E-state index contributed by atoms with van der Waals surface area (Å²) in [6.07, 6.45) is 0. The van der Waals surface area contributed by atoms with Crippen molar-refractivity contribution < 1.29 is 0 Å². The van der Waals surface area contributed by atoms with E-state index in [9.17, 15) is 0 Å². The molecule has 0 atom stereocenters. The molecule has 2 nitrogen and oxygen atoms in total. The minimum absolute atomic E-state index is 1.13. The Morgan fingerprint density at radius 1 is 0.211 bits per heavy atom. The first-order chi connectivity index (χ1) is 37.7. The number of nitrogens with zero attached hydrogens (tertiary/aromatic N) is 2. The van der Waals surface area contributed by atoms with Crippen LogP contribution in [0.25, 0.3) is 66.1 Å². The molecule has 2 heterocycles. The van der Waals surface area contributed by atoms with Gasteiger partial charge in [0.15, 0.2) is 16.1 Å². The predicted octanol–water partition coefficient (Wildman–Crippen LogP) is 12.3. The van der Waals surface area contributed by atoms with E-state index in [0.717, 1.165) is 16.9 Å². The second-order valence-corrected chi connectivity index (χ2v) is 27.5. The van der Waals surface area contributed by atoms with E-state index in [4.69, 9.17) is 0 Å². The van der Waals surface area contributed by atoms with E-state index in [-0.39, 0.29) is 0 Å². The van der Waals surface area contributed by atoms with Crippen LogP contribution in [0.3, 0.4) is 0 Å². The van der Waals surface area contributed by atoms with Gasteiger partial charge >= 0.3 is 0 Å². The molecule has 76 heavy (non-hydrogen) atoms. The van der Waals surface area contributed by atoms with E-state index in [2.05, 4.69) is 325 Å². The fourth-order valence-corrected chi connectivity index (χ4v) is 22.3. The van der Waals surface area contributed by atoms with Gasteiger partial charge in [0, 0.05) is 32.9 Å². The summed E-state index contributed by atoms with van der Waals surface area (Å²) in [6.45, 7) is 0. The Bertz CT molecular complexity index is 4150. The Kier molecular flexibility index (Phi) is 11.2. The van der Waals surface area contributed by atoms with Gasteiger partial charge in [0.1, 0.15) is 0 Å². The van der Waals surface area contributed by atoms with Crippen LogP contribution in [-0.2, 0) is 0 Å². The Balaban J connectivity index is 1.01. The lowest BCUT2D eigenvalue weighted by molar-refractivity contribution is 1.17. The lowest BCUT2D eigenvalue weighted by Crippen LogP contribution is -2.74. The fraction of sp³-hybridized carbons (Fsp3) is 0. The fourth-order valence-electron chi connectivity index (χ4n) is 12.8. The zero-order valence-corrected chi connectivity index (χ0v) is 43.9. The summed E-state index contributed by atoms with van der Waals surface area (Å²) in [7, 11) is -5.57. The maximum Gasteiger partial charge on any atom is 0.179 e. The number of fused-ring (bicyclic) bond motifs is 6. The zero-order valence-electron chi connectivity index (χ0n) is 41.9. The molecule has 0 unspecified atom stereocenters. The first kappa shape index (κ1) is 45.3. The first-order valence-corrected chi connectivity index (χ1v) is 30.3. The molecule has 0 aliphatic rings. The second kappa shape index (κ2) is 18.9. The predicted molar refractivity (Wildman–Crippen MR) is 328 cm³/mol. The van der Waals surface area contributed by atoms with Crippen LogP contribution in [0.15, 0.2) is 315 Å². The molecule has 0 N–H and O–H groups in total. The molecular weight excluding hydrogens is 949 g/mol. The van der Waals surface area contributed by atoms with Gasteiger partial charge in [-0.25, -0.2) is 0 Å². The minimum Gasteiger partial charge on any atom is -0.309 e. The van der Waals surface area contributed by atoms with Gasteiger partial charge in [-0.15, -0.1) is 0 Å². The Morgan fingerprint density at radius 3 is 1.09 bits per heavy atom. The monoisotopic (exact) mass is 1000 g/mol. The van der Waals surface area contributed by atoms with Crippen LogP contribution in [0.1, 0.15) is 0 Å². The van der Waals surface area contributed by atoms with Gasteiger partial charge in [-0.2, -0.15) is 0 Å². The van der Waals surface area contributed by atoms with Crippen LogP contribution in [0.2, 0.25) is 0 Å². The van der Waals surface area contributed by atoms with Gasteiger partial charge in [0.2, 0.25) is 0 Å². The first-order valence-electron chi connectivity index (χ1n) is 26.3. The number of hydrogen-bond acceptors (Lipinski definition) is 0. The molecule has 0 spiro atoms. The van der Waals surface area contributed by atoms with Gasteiger partial charge in [0.25, 0.3) is 0 Å². The van der Waals surface area contributed by atoms with Crippen molar-refractivity contribution in [3.8, 4) is 22.5 Å². The quantitative estimate of drug-likeness (QED) is 0.0903. The molecule has 2 aromatic heterocycles. The number of benzene rings is 12. The Hall–Kier alpha value is -9.33. The van der Waals surface area contributed by atoms with E-state index in [1.54, 1.807) is 0 Å². The molecule has 358 valence electrons. The van der Waals surface area contributed by atoms with Crippen molar-refractivity contribution in [1.82, 2.24) is 9.13 Å². The van der Waals surface area contributed by atoms with Gasteiger partial charge in [0.05, 0.1) is 22.1 Å². The van der Waals surface area contributed by atoms with Crippen molar-refractivity contribution in [1.29, 1.82) is 0 Å². The molecule has 14 aromatic rings. The van der Waals surface area contributed by atoms with Crippen LogP contribution < -0.4 is 41.5 Å². The number of rotatable bonds is 11. The lowest BCUT2D eigenvalue weighted by Gasteiger charge is -2.34. The number of hydrogen-bond donors (Lipinski definition) is 0. The van der Waals surface area contributed by atoms with E-state index in [1.165, 1.54) is 90.7 Å². The summed E-state index contributed by atoms with van der Waals surface area (Å²) in [5, 5.41) is 15.8. The maximum atomic E-state index is 2.53. The van der Waals surface area contributed by atoms with Crippen LogP contribution >= 0.6 is 0 Å². The van der Waals surface area contributed by atoms with E-state index >= 15 is 0 Å². The molecular formula is C72H52N2Si2. The van der Waals surface area contributed by atoms with Crippen molar-refractivity contribution in [2.24, 2.45) is 0 Å². The highest BCUT2D eigenvalue weighted by atomic mass is 28.3. The summed E-state index contributed by atoms with van der Waals surface area (Å²) >= 11 is 0. The van der Waals surface area contributed by atoms with Crippen LogP contribution in [0.5, 0.6) is 0 Å². The van der Waals surface area contributed by atoms with Crippen molar-refractivity contribution in [3.63, 3.8) is 0 Å². The van der Waals surface area contributed by atoms with Crippen molar-refractivity contribution in [2.45, 2.75) is 0 Å². The third kappa shape index (κ3) is 7.14. The highest BCUT2D eigenvalue weighted by Gasteiger charge is 2.43. The highest BCUT2D eigenvalue weighted by molar-refractivity contribution is 7.20. The van der Waals surface area contributed by atoms with Crippen LogP contribution in [0, 0.1) is 0 Å². The third-order valence-electron chi connectivity index (χ3n) is 16.0. The van der Waals surface area contributed by atoms with E-state index < -0.39 is 16.1 Å². The zero-order chi connectivity index (χ0) is 50.5. The average Bonchev–Trinajstić information content (AvgIpc) is 4.02. The summed E-state index contributed by atoms with van der Waals surface area (Å²) in [6, 6.07) is 118. The number of aromatic nitrogens is 2. The largest absolute Gasteiger partial charge is 0.309 e. The molecule has 0 radical (unpaired) electrons. The molecule has 0 bridgehead atoms. The second-order valence-electron chi connectivity index (χ2n) is 19.9. The molecule has 0 aliphatic carbocycles. The maximum absolute atomic E-state index is 2.84. The van der Waals surface area contributed by atoms with E-state index in [1.807, 2.05) is 0 Å². The molecule has 12 aromatic carbocycles. The molecule has 0 saturated heterocycles. The van der Waals surface area contributed by atoms with Gasteiger partial charge < -0.3 is 9.13 Å². The summed E-state index contributed by atoms with van der Waals surface area (Å²) < 4.78 is 5.02. The SMILES string of the molecule is c1ccc(-c2cccc3c2c2cc(-n4c5ccccc5c5ccc([Si](c6ccccc6)(c6ccccc6)c6ccccc6)cc54)ccc2n3-c2ccc([Si](c3ccccc3)(c3ccccc3)c3ccccc3)cc2)cc1. The lowest BCUT2D eigenvalue weighted by atomic mass is 9.99. The Morgan fingerprint density at radius 2 is 0.579 bits per heavy atom. The van der Waals surface area contributed by atoms with Crippen molar-refractivity contribution >= 4 is 101 Å². The summed E-state index contributed by atoms with van der Waals surface area (Å²) in [4.78, 5) is 0. The summed E-state index contributed by atoms with van der Waals surface area (Å²) in [5.74, 6) is 0. The standard InChI is InChI=1S/C72H52N2Si2/c1-8-25-53(26-9-1)64-40-24-42-70-72(64)67-51-55(45-50-69(67)73(70)54-43-46-62(47-44-54)75(56-27-10-2-11-28-56,57-29-12-3-13-30-57)58-31-14-4-15-32-58)74-68-41-23-22-39-65(68)66-49-48-63(52-71(66)74)76(59-33-16-5-17-34-59,60-35-18-6-19-36-60)61-37-20-7-21-38-61/h1-52H. The van der Waals surface area contributed by atoms with Crippen molar-refractivity contribution in [2.75, 3.05) is 0 Å². The van der Waals surface area contributed by atoms with Gasteiger partial charge in [-0.1, -0.05) is 267 Å². The van der Waals surface area contributed by atoms with Gasteiger partial charge in [-0.3, -0.25) is 0 Å². The van der Waals surface area contributed by atoms with Crippen molar-refractivity contribution in [3.05, 3.63) is 315 Å². The molecule has 0 amide bonds. The minimum atomic E-state index is -2.84. The van der Waals surface area contributed by atoms with Gasteiger partial charge in [-0.05, 0) is 101 Å². The average molecular weight is 1000 g/mol. The van der Waals surface area contributed by atoms with Crippen LogP contribution in [0.4, 0.5) is 0 Å². The third-order valence-corrected chi connectivity index (χ3v) is 25.6. The number of para-hydroxylation sites is 1.